The summed E-state index contributed by atoms with van der Waals surface area (Å²) in [6, 6.07) is 24.0. The van der Waals surface area contributed by atoms with Crippen LogP contribution < -0.4 is 5.32 Å². The van der Waals surface area contributed by atoms with E-state index in [0.29, 0.717) is 30.4 Å². The van der Waals surface area contributed by atoms with Crippen LogP contribution in [0.1, 0.15) is 36.9 Å². The maximum atomic E-state index is 13.2. The Morgan fingerprint density at radius 1 is 1.03 bits per heavy atom. The normalized spacial score (nSPS) is 12.0. The van der Waals surface area contributed by atoms with Crippen molar-refractivity contribution in [2.24, 2.45) is 0 Å². The summed E-state index contributed by atoms with van der Waals surface area (Å²) in [4.78, 5) is 18.2. The number of rotatable bonds is 8. The fourth-order valence-electron chi connectivity index (χ4n) is 3.65. The Morgan fingerprint density at radius 3 is 2.52 bits per heavy atom. The maximum Gasteiger partial charge on any atom is 0.241 e. The lowest BCUT2D eigenvalue weighted by molar-refractivity contribution is -0.114. The Bertz CT molecular complexity index is 1210. The highest BCUT2D eigenvalue weighted by Crippen LogP contribution is 2.27. The number of halogens is 1. The monoisotopic (exact) mass is 444 g/mol. The Morgan fingerprint density at radius 2 is 1.79 bits per heavy atom. The molecule has 168 valence electrons. The number of hydrogen-bond acceptors (Lipinski definition) is 5. The van der Waals surface area contributed by atoms with Gasteiger partial charge in [-0.3, -0.25) is 9.69 Å². The van der Waals surface area contributed by atoms with Gasteiger partial charge in [0.15, 0.2) is 0 Å². The summed E-state index contributed by atoms with van der Waals surface area (Å²) < 4.78 is 18.8. The van der Waals surface area contributed by atoms with Crippen molar-refractivity contribution < 1.29 is 13.7 Å². The molecule has 0 bridgehead atoms. The van der Waals surface area contributed by atoms with Gasteiger partial charge in [0, 0.05) is 30.8 Å². The minimum Gasteiger partial charge on any atom is -0.338 e. The molecule has 0 aliphatic rings. The molecule has 6 nitrogen and oxygen atoms in total. The third-order valence-electron chi connectivity index (χ3n) is 5.37. The van der Waals surface area contributed by atoms with Gasteiger partial charge >= 0.3 is 0 Å². The minimum absolute atomic E-state index is 0.0000791. The Labute approximate surface area is 192 Å². The Kier molecular flexibility index (Phi) is 6.90. The lowest BCUT2D eigenvalue weighted by Gasteiger charge is -2.28. The average molecular weight is 445 g/mol. The molecule has 1 atom stereocenters. The molecule has 0 fully saturated rings. The van der Waals surface area contributed by atoms with E-state index in [1.54, 1.807) is 12.1 Å². The fourth-order valence-corrected chi connectivity index (χ4v) is 3.65. The van der Waals surface area contributed by atoms with Gasteiger partial charge in [-0.2, -0.15) is 4.98 Å². The van der Waals surface area contributed by atoms with Gasteiger partial charge in [-0.05, 0) is 54.4 Å². The zero-order chi connectivity index (χ0) is 23.2. The molecule has 0 radical (unpaired) electrons. The van der Waals surface area contributed by atoms with Crippen LogP contribution >= 0.6 is 0 Å². The lowest BCUT2D eigenvalue weighted by atomic mass is 10.0. The summed E-state index contributed by atoms with van der Waals surface area (Å²) in [6.07, 6.45) is 0. The van der Waals surface area contributed by atoms with Crippen molar-refractivity contribution in [1.82, 2.24) is 15.0 Å². The van der Waals surface area contributed by atoms with Crippen LogP contribution in [-0.2, 0) is 17.9 Å². The van der Waals surface area contributed by atoms with Gasteiger partial charge in [-0.25, -0.2) is 4.39 Å². The van der Waals surface area contributed by atoms with Crippen LogP contribution in [0.2, 0.25) is 0 Å². The molecule has 0 aliphatic heterocycles. The number of benzene rings is 3. The van der Waals surface area contributed by atoms with Crippen molar-refractivity contribution in [1.29, 1.82) is 0 Å². The predicted octanol–water partition coefficient (Wildman–Crippen LogP) is 5.60. The number of hydrogen-bond donors (Lipinski definition) is 1. The molecule has 3 aromatic carbocycles. The van der Waals surface area contributed by atoms with Gasteiger partial charge in [0.2, 0.25) is 17.6 Å². The van der Waals surface area contributed by atoms with E-state index in [0.717, 1.165) is 16.8 Å². The Balaban J connectivity index is 1.59. The molecule has 4 aromatic rings. The first-order valence-electron chi connectivity index (χ1n) is 10.7. The maximum absolute atomic E-state index is 13.2. The van der Waals surface area contributed by atoms with Gasteiger partial charge in [0.05, 0.1) is 6.54 Å². The predicted molar refractivity (Wildman–Crippen MR) is 125 cm³/mol. The molecule has 4 rings (SSSR count). The smallest absolute Gasteiger partial charge is 0.241 e. The third kappa shape index (κ3) is 5.90. The van der Waals surface area contributed by atoms with E-state index < -0.39 is 0 Å². The molecule has 1 amide bonds. The van der Waals surface area contributed by atoms with Crippen LogP contribution in [0.15, 0.2) is 83.4 Å². The third-order valence-corrected chi connectivity index (χ3v) is 5.37. The number of nitrogens with zero attached hydrogens (tertiary/aromatic N) is 3. The molecule has 1 heterocycles. The van der Waals surface area contributed by atoms with Crippen molar-refractivity contribution in [3.05, 3.63) is 102 Å². The highest BCUT2D eigenvalue weighted by Gasteiger charge is 2.20. The van der Waals surface area contributed by atoms with E-state index in [1.807, 2.05) is 42.5 Å². The molecule has 33 heavy (non-hydrogen) atoms. The average Bonchev–Trinajstić information content (AvgIpc) is 3.27. The van der Waals surface area contributed by atoms with Crippen LogP contribution in [0.3, 0.4) is 0 Å². The van der Waals surface area contributed by atoms with Gasteiger partial charge in [0.25, 0.3) is 0 Å². The zero-order valence-electron chi connectivity index (χ0n) is 18.5. The number of anilines is 1. The second kappa shape index (κ2) is 10.2. The summed E-state index contributed by atoms with van der Waals surface area (Å²) >= 11 is 0. The topological polar surface area (TPSA) is 71.3 Å². The summed E-state index contributed by atoms with van der Waals surface area (Å²) in [6.45, 7) is 4.69. The van der Waals surface area contributed by atoms with E-state index in [9.17, 15) is 9.18 Å². The minimum atomic E-state index is -0.313. The van der Waals surface area contributed by atoms with E-state index in [2.05, 4.69) is 39.4 Å². The number of aromatic nitrogens is 2. The van der Waals surface area contributed by atoms with Gasteiger partial charge < -0.3 is 9.84 Å². The number of nitrogens with one attached hydrogen (secondary N) is 1. The highest BCUT2D eigenvalue weighted by atomic mass is 19.1. The van der Waals surface area contributed by atoms with E-state index in [4.69, 9.17) is 4.52 Å². The first-order chi connectivity index (χ1) is 16.0. The number of amides is 1. The number of carbonyl (C=O) groups is 1. The quantitative estimate of drug-likeness (QED) is 0.383. The summed E-state index contributed by atoms with van der Waals surface area (Å²) in [5.41, 5.74) is 3.65. The van der Waals surface area contributed by atoms with Gasteiger partial charge in [-0.1, -0.05) is 47.6 Å². The first kappa shape index (κ1) is 22.4. The molecule has 0 saturated carbocycles. The molecule has 1 N–H and O–H groups in total. The second-order valence-electron chi connectivity index (χ2n) is 7.89. The van der Waals surface area contributed by atoms with E-state index in [-0.39, 0.29) is 17.8 Å². The second-order valence-corrected chi connectivity index (χ2v) is 7.89. The van der Waals surface area contributed by atoms with Crippen molar-refractivity contribution in [3.63, 3.8) is 0 Å². The molecule has 0 aliphatic carbocycles. The SMILES string of the molecule is CC(=O)Nc1cccc(C(C)N(Cc2ccccc2)Cc2nc(-c3ccc(F)cc3)no2)c1. The first-order valence-corrected chi connectivity index (χ1v) is 10.7. The fraction of sp³-hybridized carbons (Fsp3) is 0.192. The molecule has 1 aromatic heterocycles. The zero-order valence-corrected chi connectivity index (χ0v) is 18.5. The molecule has 0 saturated heterocycles. The van der Waals surface area contributed by atoms with E-state index >= 15 is 0 Å². The van der Waals surface area contributed by atoms with Crippen molar-refractivity contribution in [2.75, 3.05) is 5.32 Å². The van der Waals surface area contributed by atoms with Crippen LogP contribution in [-0.4, -0.2) is 20.9 Å². The van der Waals surface area contributed by atoms with Gasteiger partial charge in [-0.15, -0.1) is 0 Å². The Hall–Kier alpha value is -3.84. The van der Waals surface area contributed by atoms with Crippen LogP contribution in [0.25, 0.3) is 11.4 Å². The van der Waals surface area contributed by atoms with Crippen LogP contribution in [0.4, 0.5) is 10.1 Å². The molecule has 1 unspecified atom stereocenters. The molecular formula is C26H25FN4O2. The molecule has 0 spiro atoms. The molecule has 7 heteroatoms. The van der Waals surface area contributed by atoms with Crippen molar-refractivity contribution in [3.8, 4) is 11.4 Å². The largest absolute Gasteiger partial charge is 0.338 e. The van der Waals surface area contributed by atoms with Crippen LogP contribution in [0, 0.1) is 5.82 Å². The van der Waals surface area contributed by atoms with E-state index in [1.165, 1.54) is 19.1 Å². The number of carbonyl (C=O) groups excluding carboxylic acids is 1. The molecular weight excluding hydrogens is 419 g/mol. The summed E-state index contributed by atoms with van der Waals surface area (Å²) in [7, 11) is 0. The van der Waals surface area contributed by atoms with Crippen molar-refractivity contribution >= 4 is 11.6 Å². The van der Waals surface area contributed by atoms with Crippen LogP contribution in [0.5, 0.6) is 0 Å². The summed E-state index contributed by atoms with van der Waals surface area (Å²) in [5.74, 6) is 0.465. The van der Waals surface area contributed by atoms with Crippen molar-refractivity contribution in [2.45, 2.75) is 33.0 Å². The highest BCUT2D eigenvalue weighted by molar-refractivity contribution is 5.88. The van der Waals surface area contributed by atoms with Gasteiger partial charge in [0.1, 0.15) is 5.82 Å². The standard InChI is InChI=1S/C26H25FN4O2/c1-18(22-9-6-10-24(15-22)28-19(2)32)31(16-20-7-4-3-5-8-20)17-25-29-26(30-33-25)21-11-13-23(27)14-12-21/h3-15,18H,16-17H2,1-2H3,(H,28,32). The lowest BCUT2D eigenvalue weighted by Crippen LogP contribution is -2.26. The summed E-state index contributed by atoms with van der Waals surface area (Å²) in [5, 5.41) is 6.91.